The van der Waals surface area contributed by atoms with Crippen LogP contribution in [0.25, 0.3) is 0 Å². The number of nitrogens with zero attached hydrogens (tertiary/aromatic N) is 3. The average Bonchev–Trinajstić information content (AvgIpc) is 3.10. The molecule has 0 radical (unpaired) electrons. The summed E-state index contributed by atoms with van der Waals surface area (Å²) in [4.78, 5) is 4.23. The molecule has 0 saturated heterocycles. The van der Waals surface area contributed by atoms with Crippen molar-refractivity contribution in [2.45, 2.75) is 25.1 Å². The summed E-state index contributed by atoms with van der Waals surface area (Å²) in [5, 5.41) is 7.55. The lowest BCUT2D eigenvalue weighted by Crippen LogP contribution is -2.28. The molecule has 26 heavy (non-hydrogen) atoms. The number of alkyl halides is 2. The highest BCUT2D eigenvalue weighted by Gasteiger charge is 2.29. The van der Waals surface area contributed by atoms with Gasteiger partial charge in [0.1, 0.15) is 17.9 Å². The molecule has 0 spiro atoms. The van der Waals surface area contributed by atoms with Crippen molar-refractivity contribution in [3.05, 3.63) is 71.8 Å². The fourth-order valence-electron chi connectivity index (χ4n) is 3.18. The van der Waals surface area contributed by atoms with Gasteiger partial charge in [0.05, 0.1) is 12.1 Å². The molecule has 0 fully saturated rings. The molecule has 1 aliphatic rings. The van der Waals surface area contributed by atoms with Gasteiger partial charge in [-0.25, -0.2) is 9.07 Å². The molecule has 5 nitrogen and oxygen atoms in total. The maximum Gasteiger partial charge on any atom is 0.387 e. The first kappa shape index (κ1) is 16.4. The van der Waals surface area contributed by atoms with Crippen LogP contribution in [-0.2, 0) is 0 Å². The minimum absolute atomic E-state index is 0.0950. The summed E-state index contributed by atoms with van der Waals surface area (Å²) in [6, 6.07) is 12.6. The predicted molar refractivity (Wildman–Crippen MR) is 88.6 cm³/mol. The number of halogens is 3. The van der Waals surface area contributed by atoms with Crippen LogP contribution in [0.2, 0.25) is 0 Å². The first-order chi connectivity index (χ1) is 12.6. The second-order valence-corrected chi connectivity index (χ2v) is 5.98. The van der Waals surface area contributed by atoms with E-state index in [-0.39, 0.29) is 23.7 Å². The Labute approximate surface area is 147 Å². The van der Waals surface area contributed by atoms with E-state index in [1.807, 2.05) is 0 Å². The Morgan fingerprint density at radius 1 is 1.04 bits per heavy atom. The van der Waals surface area contributed by atoms with Crippen molar-refractivity contribution >= 4 is 5.95 Å². The van der Waals surface area contributed by atoms with Crippen molar-refractivity contribution in [3.8, 4) is 5.75 Å². The maximum atomic E-state index is 13.2. The number of aromatic nitrogens is 3. The van der Waals surface area contributed by atoms with E-state index in [0.717, 1.165) is 11.1 Å². The van der Waals surface area contributed by atoms with E-state index in [2.05, 4.69) is 20.1 Å². The Bertz CT molecular complexity index is 880. The van der Waals surface area contributed by atoms with Crippen molar-refractivity contribution in [1.82, 2.24) is 14.8 Å². The van der Waals surface area contributed by atoms with Gasteiger partial charge in [-0.05, 0) is 41.8 Å². The Morgan fingerprint density at radius 3 is 2.42 bits per heavy atom. The van der Waals surface area contributed by atoms with Crippen molar-refractivity contribution in [1.29, 1.82) is 0 Å². The van der Waals surface area contributed by atoms with Crippen molar-refractivity contribution in [2.75, 3.05) is 5.32 Å². The minimum atomic E-state index is -2.85. The van der Waals surface area contributed by atoms with E-state index in [9.17, 15) is 13.2 Å². The molecule has 0 saturated carbocycles. The molecule has 0 amide bonds. The number of benzene rings is 2. The van der Waals surface area contributed by atoms with Gasteiger partial charge in [-0.3, -0.25) is 0 Å². The second kappa shape index (κ2) is 6.70. The summed E-state index contributed by atoms with van der Waals surface area (Å²) in [5.74, 6) is 0.411. The summed E-state index contributed by atoms with van der Waals surface area (Å²) in [6.45, 7) is -2.85. The number of nitrogens with one attached hydrogen (secondary N) is 1. The zero-order chi connectivity index (χ0) is 18.1. The Kier molecular flexibility index (Phi) is 4.24. The molecule has 2 atom stereocenters. The van der Waals surface area contributed by atoms with E-state index in [0.29, 0.717) is 12.4 Å². The molecule has 1 aromatic heterocycles. The predicted octanol–water partition coefficient (Wildman–Crippen LogP) is 4.16. The molecule has 1 aliphatic heterocycles. The third kappa shape index (κ3) is 3.22. The smallest absolute Gasteiger partial charge is 0.387 e. The lowest BCUT2D eigenvalue weighted by atomic mass is 9.93. The minimum Gasteiger partial charge on any atom is -0.435 e. The topological polar surface area (TPSA) is 52.0 Å². The van der Waals surface area contributed by atoms with Crippen LogP contribution in [0.4, 0.5) is 19.1 Å². The van der Waals surface area contributed by atoms with Crippen molar-refractivity contribution in [3.63, 3.8) is 0 Å². The van der Waals surface area contributed by atoms with E-state index < -0.39 is 6.61 Å². The molecule has 2 heterocycles. The molecular weight excluding hydrogens is 345 g/mol. The lowest BCUT2D eigenvalue weighted by molar-refractivity contribution is -0.0498. The van der Waals surface area contributed by atoms with Crippen LogP contribution in [0.3, 0.4) is 0 Å². The average molecular weight is 360 g/mol. The van der Waals surface area contributed by atoms with Crippen molar-refractivity contribution in [2.24, 2.45) is 0 Å². The Balaban J connectivity index is 1.62. The molecule has 0 aliphatic carbocycles. The summed E-state index contributed by atoms with van der Waals surface area (Å²) >= 11 is 0. The molecule has 1 N–H and O–H groups in total. The Hall–Kier alpha value is -3.03. The van der Waals surface area contributed by atoms with Crippen molar-refractivity contribution < 1.29 is 17.9 Å². The van der Waals surface area contributed by atoms with Gasteiger partial charge in [0.15, 0.2) is 0 Å². The van der Waals surface area contributed by atoms with Gasteiger partial charge < -0.3 is 10.1 Å². The summed E-state index contributed by atoms with van der Waals surface area (Å²) in [7, 11) is 0. The van der Waals surface area contributed by atoms with Gasteiger partial charge in [0.2, 0.25) is 5.95 Å². The number of ether oxygens (including phenoxy) is 1. The van der Waals surface area contributed by atoms with E-state index in [4.69, 9.17) is 0 Å². The molecule has 3 aromatic rings. The standard InChI is InChI=1S/C18H15F3N4O/c19-13-5-1-12(2-6-13)16-9-15(24-18-22-10-23-25(16)18)11-3-7-14(8-4-11)26-17(20)21/h1-8,10,15-17H,9H2,(H,22,23,24)/t15-,16+/m1/s1. The molecule has 8 heteroatoms. The monoisotopic (exact) mass is 360 g/mol. The highest BCUT2D eigenvalue weighted by Crippen LogP contribution is 2.37. The largest absolute Gasteiger partial charge is 0.435 e. The van der Waals surface area contributed by atoms with Crippen LogP contribution in [0, 0.1) is 5.82 Å². The molecule has 4 rings (SSSR count). The van der Waals surface area contributed by atoms with Gasteiger partial charge in [-0.15, -0.1) is 0 Å². The molecular formula is C18H15F3N4O. The van der Waals surface area contributed by atoms with E-state index >= 15 is 0 Å². The van der Waals surface area contributed by atoms with Crippen LogP contribution in [0.1, 0.15) is 29.6 Å². The molecule has 0 bridgehead atoms. The quantitative estimate of drug-likeness (QED) is 0.759. The first-order valence-electron chi connectivity index (χ1n) is 8.06. The van der Waals surface area contributed by atoms with Crippen LogP contribution < -0.4 is 10.1 Å². The highest BCUT2D eigenvalue weighted by molar-refractivity contribution is 5.39. The zero-order valence-electron chi connectivity index (χ0n) is 13.5. The fraction of sp³-hybridized carbons (Fsp3) is 0.222. The van der Waals surface area contributed by atoms with Crippen LogP contribution in [-0.4, -0.2) is 21.4 Å². The lowest BCUT2D eigenvalue weighted by Gasteiger charge is -2.31. The van der Waals surface area contributed by atoms with Gasteiger partial charge in [-0.2, -0.15) is 18.9 Å². The number of fused-ring (bicyclic) bond motifs is 1. The Morgan fingerprint density at radius 2 is 1.73 bits per heavy atom. The molecule has 134 valence electrons. The SMILES string of the molecule is Fc1ccc([C@@H]2C[C@H](c3ccc(OC(F)F)cc3)Nc3ncnn32)cc1. The normalized spacial score (nSPS) is 19.1. The second-order valence-electron chi connectivity index (χ2n) is 5.98. The van der Waals surface area contributed by atoms with Crippen LogP contribution in [0.15, 0.2) is 54.9 Å². The zero-order valence-corrected chi connectivity index (χ0v) is 13.5. The van der Waals surface area contributed by atoms with Gasteiger partial charge in [0, 0.05) is 0 Å². The number of hydrogen-bond donors (Lipinski definition) is 1. The van der Waals surface area contributed by atoms with E-state index in [1.165, 1.54) is 30.6 Å². The summed E-state index contributed by atoms with van der Waals surface area (Å²) < 4.78 is 44.0. The summed E-state index contributed by atoms with van der Waals surface area (Å²) in [5.41, 5.74) is 1.83. The number of anilines is 1. The third-order valence-corrected chi connectivity index (χ3v) is 4.39. The van der Waals surface area contributed by atoms with Crippen LogP contribution >= 0.6 is 0 Å². The molecule has 0 unspecified atom stereocenters. The molecule has 2 aromatic carbocycles. The van der Waals surface area contributed by atoms with E-state index in [1.54, 1.807) is 28.9 Å². The van der Waals surface area contributed by atoms with Gasteiger partial charge in [0.25, 0.3) is 0 Å². The number of hydrogen-bond acceptors (Lipinski definition) is 4. The van der Waals surface area contributed by atoms with Gasteiger partial charge >= 0.3 is 6.61 Å². The maximum absolute atomic E-state index is 13.2. The number of rotatable bonds is 4. The first-order valence-corrected chi connectivity index (χ1v) is 8.06. The van der Waals surface area contributed by atoms with Gasteiger partial charge in [-0.1, -0.05) is 24.3 Å². The van der Waals surface area contributed by atoms with Crippen LogP contribution in [0.5, 0.6) is 5.75 Å². The third-order valence-electron chi connectivity index (χ3n) is 4.39. The summed E-state index contributed by atoms with van der Waals surface area (Å²) in [6.07, 6.45) is 2.11. The highest BCUT2D eigenvalue weighted by atomic mass is 19.3. The fourth-order valence-corrected chi connectivity index (χ4v) is 3.18.